The van der Waals surface area contributed by atoms with E-state index in [-0.39, 0.29) is 17.7 Å². The van der Waals surface area contributed by atoms with Gasteiger partial charge in [0.05, 0.1) is 10.6 Å². The highest BCUT2D eigenvalue weighted by Crippen LogP contribution is 2.31. The molecule has 2 N–H and O–H groups in total. The molecule has 24 heavy (non-hydrogen) atoms. The standard InChI is InChI=1S/C18H19N3O2S/c1-11-3-7-14(20-17(22)12-4-5-12)9-15(11)21-18(23)13-6-8-16(24-2)19-10-13/h3,6-10,12H,4-5H2,1-2H3,(H,20,22)(H,21,23). The molecule has 1 aromatic carbocycles. The smallest absolute Gasteiger partial charge is 0.257 e. The maximum Gasteiger partial charge on any atom is 0.257 e. The zero-order valence-corrected chi connectivity index (χ0v) is 14.4. The molecule has 0 aliphatic heterocycles. The van der Waals surface area contributed by atoms with Crippen LogP contribution in [-0.4, -0.2) is 23.1 Å². The van der Waals surface area contributed by atoms with Crippen LogP contribution in [0.5, 0.6) is 0 Å². The fourth-order valence-electron chi connectivity index (χ4n) is 2.25. The third-order valence-electron chi connectivity index (χ3n) is 3.91. The first-order valence-electron chi connectivity index (χ1n) is 7.79. The molecule has 5 nitrogen and oxygen atoms in total. The van der Waals surface area contributed by atoms with E-state index in [1.165, 1.54) is 11.8 Å². The first kappa shape index (κ1) is 16.5. The van der Waals surface area contributed by atoms with E-state index in [4.69, 9.17) is 0 Å². The van der Waals surface area contributed by atoms with E-state index in [9.17, 15) is 9.59 Å². The Hall–Kier alpha value is -2.34. The van der Waals surface area contributed by atoms with E-state index in [2.05, 4.69) is 15.6 Å². The van der Waals surface area contributed by atoms with Gasteiger partial charge in [0.2, 0.25) is 5.91 Å². The Morgan fingerprint density at radius 2 is 1.96 bits per heavy atom. The van der Waals surface area contributed by atoms with Gasteiger partial charge < -0.3 is 10.6 Å². The molecule has 0 unspecified atom stereocenters. The number of aryl methyl sites for hydroxylation is 1. The Labute approximate surface area is 145 Å². The molecule has 2 amide bonds. The highest BCUT2D eigenvalue weighted by Gasteiger charge is 2.29. The lowest BCUT2D eigenvalue weighted by atomic mass is 10.1. The van der Waals surface area contributed by atoms with E-state index in [0.717, 1.165) is 23.4 Å². The number of nitrogens with zero attached hydrogens (tertiary/aromatic N) is 1. The lowest BCUT2D eigenvalue weighted by Gasteiger charge is -2.11. The van der Waals surface area contributed by atoms with E-state index >= 15 is 0 Å². The molecule has 0 bridgehead atoms. The molecule has 1 heterocycles. The van der Waals surface area contributed by atoms with Gasteiger partial charge in [-0.15, -0.1) is 11.8 Å². The molecule has 3 rings (SSSR count). The predicted molar refractivity (Wildman–Crippen MR) is 96.5 cm³/mol. The van der Waals surface area contributed by atoms with Crippen LogP contribution in [0.2, 0.25) is 0 Å². The molecule has 2 aromatic rings. The van der Waals surface area contributed by atoms with E-state index in [1.807, 2.05) is 31.4 Å². The van der Waals surface area contributed by atoms with Crippen molar-refractivity contribution in [3.8, 4) is 0 Å². The van der Waals surface area contributed by atoms with Crippen LogP contribution < -0.4 is 10.6 Å². The summed E-state index contributed by atoms with van der Waals surface area (Å²) in [6, 6.07) is 9.09. The Kier molecular flexibility index (Phi) is 4.85. The zero-order valence-electron chi connectivity index (χ0n) is 13.6. The van der Waals surface area contributed by atoms with Gasteiger partial charge in [0, 0.05) is 23.5 Å². The van der Waals surface area contributed by atoms with Gasteiger partial charge >= 0.3 is 0 Å². The number of nitrogens with one attached hydrogen (secondary N) is 2. The Morgan fingerprint density at radius 3 is 2.58 bits per heavy atom. The Bertz CT molecular complexity index is 770. The fraction of sp³-hybridized carbons (Fsp3) is 0.278. The molecule has 6 heteroatoms. The number of hydrogen-bond acceptors (Lipinski definition) is 4. The van der Waals surface area contributed by atoms with Crippen LogP contribution in [0.25, 0.3) is 0 Å². The van der Waals surface area contributed by atoms with Crippen LogP contribution in [0.15, 0.2) is 41.6 Å². The van der Waals surface area contributed by atoms with Crippen LogP contribution >= 0.6 is 11.8 Å². The summed E-state index contributed by atoms with van der Waals surface area (Å²) in [5.74, 6) is -0.0257. The number of carbonyl (C=O) groups is 2. The number of carbonyl (C=O) groups excluding carboxylic acids is 2. The summed E-state index contributed by atoms with van der Waals surface area (Å²) >= 11 is 1.53. The summed E-state index contributed by atoms with van der Waals surface area (Å²) in [7, 11) is 0. The summed E-state index contributed by atoms with van der Waals surface area (Å²) in [6.07, 6.45) is 5.42. The van der Waals surface area contributed by atoms with Crippen molar-refractivity contribution in [3.63, 3.8) is 0 Å². The number of pyridine rings is 1. The van der Waals surface area contributed by atoms with Crippen molar-refractivity contribution in [1.29, 1.82) is 0 Å². The number of hydrogen-bond donors (Lipinski definition) is 2. The van der Waals surface area contributed by atoms with Crippen molar-refractivity contribution in [1.82, 2.24) is 4.98 Å². The van der Waals surface area contributed by atoms with E-state index in [0.29, 0.717) is 16.9 Å². The van der Waals surface area contributed by atoms with E-state index in [1.54, 1.807) is 18.3 Å². The first-order valence-corrected chi connectivity index (χ1v) is 9.02. The third-order valence-corrected chi connectivity index (χ3v) is 4.57. The summed E-state index contributed by atoms with van der Waals surface area (Å²) in [4.78, 5) is 28.4. The second-order valence-corrected chi connectivity index (χ2v) is 6.66. The average molecular weight is 341 g/mol. The maximum absolute atomic E-state index is 12.4. The van der Waals surface area contributed by atoms with E-state index < -0.39 is 0 Å². The van der Waals surface area contributed by atoms with Crippen LogP contribution in [0.1, 0.15) is 28.8 Å². The minimum Gasteiger partial charge on any atom is -0.326 e. The molecular weight excluding hydrogens is 322 g/mol. The normalized spacial score (nSPS) is 13.4. The van der Waals surface area contributed by atoms with Crippen molar-refractivity contribution in [2.75, 3.05) is 16.9 Å². The van der Waals surface area contributed by atoms with Gasteiger partial charge in [0.1, 0.15) is 0 Å². The van der Waals surface area contributed by atoms with Crippen molar-refractivity contribution >= 4 is 35.0 Å². The second kappa shape index (κ2) is 7.05. The fourth-order valence-corrected chi connectivity index (χ4v) is 2.62. The SMILES string of the molecule is CSc1ccc(C(=O)Nc2cc(NC(=O)C3CC3)ccc2C)cn1. The largest absolute Gasteiger partial charge is 0.326 e. The van der Waals surface area contributed by atoms with Crippen LogP contribution in [-0.2, 0) is 4.79 Å². The van der Waals surface area contributed by atoms with Crippen molar-refractivity contribution in [2.45, 2.75) is 24.8 Å². The van der Waals surface area contributed by atoms with Crippen LogP contribution in [0, 0.1) is 12.8 Å². The summed E-state index contributed by atoms with van der Waals surface area (Å²) in [5.41, 5.74) is 2.81. The summed E-state index contributed by atoms with van der Waals surface area (Å²) in [5, 5.41) is 6.65. The van der Waals surface area contributed by atoms with Gasteiger partial charge in [-0.25, -0.2) is 4.98 Å². The van der Waals surface area contributed by atoms with Gasteiger partial charge in [-0.05, 0) is 55.9 Å². The van der Waals surface area contributed by atoms with Gasteiger partial charge in [-0.2, -0.15) is 0 Å². The lowest BCUT2D eigenvalue weighted by molar-refractivity contribution is -0.117. The maximum atomic E-state index is 12.4. The lowest BCUT2D eigenvalue weighted by Crippen LogP contribution is -2.15. The minimum absolute atomic E-state index is 0.0491. The molecule has 124 valence electrons. The van der Waals surface area contributed by atoms with Gasteiger partial charge in [0.25, 0.3) is 5.91 Å². The van der Waals surface area contributed by atoms with Crippen molar-refractivity contribution in [2.24, 2.45) is 5.92 Å². The Balaban J connectivity index is 1.72. The number of thioether (sulfide) groups is 1. The van der Waals surface area contributed by atoms with Gasteiger partial charge in [-0.1, -0.05) is 6.07 Å². The highest BCUT2D eigenvalue weighted by molar-refractivity contribution is 7.98. The van der Waals surface area contributed by atoms with Crippen molar-refractivity contribution < 1.29 is 9.59 Å². The monoisotopic (exact) mass is 341 g/mol. The van der Waals surface area contributed by atoms with Gasteiger partial charge in [0.15, 0.2) is 0 Å². The molecule has 1 fully saturated rings. The average Bonchev–Trinajstić information content (AvgIpc) is 3.43. The first-order chi connectivity index (χ1) is 11.6. The Morgan fingerprint density at radius 1 is 1.17 bits per heavy atom. The molecule has 0 radical (unpaired) electrons. The molecule has 1 saturated carbocycles. The molecule has 1 aliphatic carbocycles. The third kappa shape index (κ3) is 3.94. The number of amides is 2. The number of rotatable bonds is 5. The van der Waals surface area contributed by atoms with Gasteiger partial charge in [-0.3, -0.25) is 9.59 Å². The van der Waals surface area contributed by atoms with Crippen LogP contribution in [0.4, 0.5) is 11.4 Å². The highest BCUT2D eigenvalue weighted by atomic mass is 32.2. The zero-order chi connectivity index (χ0) is 17.1. The summed E-state index contributed by atoms with van der Waals surface area (Å²) in [6.45, 7) is 1.91. The number of aromatic nitrogens is 1. The number of anilines is 2. The molecule has 0 atom stereocenters. The molecule has 0 saturated heterocycles. The van der Waals surface area contributed by atoms with Crippen molar-refractivity contribution in [3.05, 3.63) is 47.7 Å². The predicted octanol–water partition coefficient (Wildman–Crippen LogP) is 3.71. The van der Waals surface area contributed by atoms with Crippen LogP contribution in [0.3, 0.4) is 0 Å². The molecule has 0 spiro atoms. The minimum atomic E-state index is -0.219. The molecular formula is C18H19N3O2S. The summed E-state index contributed by atoms with van der Waals surface area (Å²) < 4.78 is 0. The molecule has 1 aromatic heterocycles. The number of benzene rings is 1. The second-order valence-electron chi connectivity index (χ2n) is 5.84. The molecule has 1 aliphatic rings. The quantitative estimate of drug-likeness (QED) is 0.813. The topological polar surface area (TPSA) is 71.1 Å².